The lowest BCUT2D eigenvalue weighted by Gasteiger charge is -2.10. The maximum absolute atomic E-state index is 13.8. The molecule has 5 heteroatoms. The van der Waals surface area contributed by atoms with Gasteiger partial charge >= 0.3 is 5.97 Å². The Hall–Kier alpha value is -1.23. The Morgan fingerprint density at radius 3 is 2.53 bits per heavy atom. The second-order valence-corrected chi connectivity index (χ2v) is 4.39. The quantitative estimate of drug-likeness (QED) is 0.490. The number of Topliss-reactive ketones (excluding diaryl/α,β-unsaturated/α-hetero) is 1. The molecule has 0 aliphatic rings. The van der Waals surface area contributed by atoms with Crippen molar-refractivity contribution >= 4 is 27.7 Å². The molecule has 1 aromatic carbocycles. The fourth-order valence-corrected chi connectivity index (χ4v) is 1.95. The van der Waals surface area contributed by atoms with Gasteiger partial charge in [-0.25, -0.2) is 9.18 Å². The van der Waals surface area contributed by atoms with Gasteiger partial charge in [-0.05, 0) is 38.0 Å². The van der Waals surface area contributed by atoms with Crippen molar-refractivity contribution in [3.05, 3.63) is 33.0 Å². The van der Waals surface area contributed by atoms with Gasteiger partial charge in [-0.2, -0.15) is 0 Å². The minimum Gasteiger partial charge on any atom is -0.460 e. The van der Waals surface area contributed by atoms with Crippen molar-refractivity contribution in [2.75, 3.05) is 6.61 Å². The molecule has 0 aliphatic heterocycles. The van der Waals surface area contributed by atoms with Crippen LogP contribution in [0.2, 0.25) is 0 Å². The molecule has 0 radical (unpaired) electrons. The van der Waals surface area contributed by atoms with E-state index in [-0.39, 0.29) is 12.2 Å². The molecule has 1 rings (SSSR count). The number of aryl methyl sites for hydroxylation is 1. The summed E-state index contributed by atoms with van der Waals surface area (Å²) in [5, 5.41) is 0. The Morgan fingerprint density at radius 2 is 2.00 bits per heavy atom. The molecule has 0 saturated carbocycles. The molecule has 0 N–H and O–H groups in total. The van der Waals surface area contributed by atoms with Crippen LogP contribution in [0.5, 0.6) is 0 Å². The zero-order valence-electron chi connectivity index (χ0n) is 9.77. The Balaban J connectivity index is 3.31. The summed E-state index contributed by atoms with van der Waals surface area (Å²) in [6.45, 7) is 4.76. The number of halogens is 2. The van der Waals surface area contributed by atoms with Crippen LogP contribution in [-0.2, 0) is 9.53 Å². The van der Waals surface area contributed by atoms with Gasteiger partial charge in [-0.15, -0.1) is 0 Å². The normalized spacial score (nSPS) is 10.2. The first-order valence-corrected chi connectivity index (χ1v) is 5.86. The van der Waals surface area contributed by atoms with Gasteiger partial charge in [0.05, 0.1) is 12.2 Å². The molecule has 0 spiro atoms. The first-order chi connectivity index (χ1) is 7.90. The number of rotatable bonds is 3. The molecule has 0 saturated heterocycles. The fraction of sp³-hybridized carbons (Fsp3) is 0.333. The summed E-state index contributed by atoms with van der Waals surface area (Å²) in [5.74, 6) is -2.66. The number of ketones is 1. The first-order valence-electron chi connectivity index (χ1n) is 5.06. The predicted octanol–water partition coefficient (Wildman–Crippen LogP) is 2.95. The third-order valence-electron chi connectivity index (χ3n) is 2.33. The maximum Gasteiger partial charge on any atom is 0.379 e. The van der Waals surface area contributed by atoms with E-state index in [0.29, 0.717) is 15.6 Å². The molecule has 0 heterocycles. The molecular weight excluding hydrogens is 291 g/mol. The van der Waals surface area contributed by atoms with Gasteiger partial charge in [-0.1, -0.05) is 15.9 Å². The smallest absolute Gasteiger partial charge is 0.379 e. The number of carbonyl (C=O) groups is 2. The minimum atomic E-state index is -1.04. The Bertz CT molecular complexity index is 457. The van der Waals surface area contributed by atoms with Gasteiger partial charge in [0.25, 0.3) is 5.78 Å². The van der Waals surface area contributed by atoms with Crippen LogP contribution in [0.1, 0.15) is 28.4 Å². The summed E-state index contributed by atoms with van der Waals surface area (Å²) in [4.78, 5) is 23.1. The van der Waals surface area contributed by atoms with Crippen molar-refractivity contribution in [3.63, 3.8) is 0 Å². The Kier molecular flexibility index (Phi) is 4.40. The number of hydrogen-bond acceptors (Lipinski definition) is 3. The van der Waals surface area contributed by atoms with Crippen LogP contribution in [0.25, 0.3) is 0 Å². The van der Waals surface area contributed by atoms with Crippen LogP contribution < -0.4 is 0 Å². The SMILES string of the molecule is CCOC(=O)C(=O)c1c(C)c(Br)cc(C)c1F. The summed E-state index contributed by atoms with van der Waals surface area (Å²) in [6.07, 6.45) is 0. The maximum atomic E-state index is 13.8. The van der Waals surface area contributed by atoms with E-state index in [1.807, 2.05) is 0 Å². The highest BCUT2D eigenvalue weighted by molar-refractivity contribution is 9.10. The molecule has 0 amide bonds. The van der Waals surface area contributed by atoms with E-state index in [9.17, 15) is 14.0 Å². The van der Waals surface area contributed by atoms with Gasteiger partial charge in [-0.3, -0.25) is 4.79 Å². The van der Waals surface area contributed by atoms with Gasteiger partial charge in [0.15, 0.2) is 0 Å². The van der Waals surface area contributed by atoms with E-state index in [0.717, 1.165) is 0 Å². The zero-order chi connectivity index (χ0) is 13.2. The standard InChI is InChI=1S/C12H12BrFO3/c1-4-17-12(16)11(15)9-7(3)8(13)5-6(2)10(9)14/h5H,4H2,1-3H3. The van der Waals surface area contributed by atoms with Crippen LogP contribution >= 0.6 is 15.9 Å². The summed E-state index contributed by atoms with van der Waals surface area (Å²) in [7, 11) is 0. The van der Waals surface area contributed by atoms with Gasteiger partial charge in [0.2, 0.25) is 0 Å². The van der Waals surface area contributed by atoms with E-state index < -0.39 is 17.6 Å². The third-order valence-corrected chi connectivity index (χ3v) is 3.15. The summed E-state index contributed by atoms with van der Waals surface area (Å²) >= 11 is 3.22. The van der Waals surface area contributed by atoms with Crippen LogP contribution in [-0.4, -0.2) is 18.4 Å². The molecule has 92 valence electrons. The highest BCUT2D eigenvalue weighted by Gasteiger charge is 2.25. The highest BCUT2D eigenvalue weighted by atomic mass is 79.9. The number of esters is 1. The van der Waals surface area contributed by atoms with E-state index in [2.05, 4.69) is 20.7 Å². The molecule has 0 fully saturated rings. The average Bonchev–Trinajstić information content (AvgIpc) is 2.27. The molecule has 0 unspecified atom stereocenters. The zero-order valence-corrected chi connectivity index (χ0v) is 11.4. The topological polar surface area (TPSA) is 43.4 Å². The second-order valence-electron chi connectivity index (χ2n) is 3.54. The predicted molar refractivity (Wildman–Crippen MR) is 64.5 cm³/mol. The molecule has 3 nitrogen and oxygen atoms in total. The second kappa shape index (κ2) is 5.40. The summed E-state index contributed by atoms with van der Waals surface area (Å²) in [6, 6.07) is 1.56. The largest absolute Gasteiger partial charge is 0.460 e. The molecule has 0 aliphatic carbocycles. The molecule has 1 aromatic rings. The van der Waals surface area contributed by atoms with Crippen LogP contribution in [0.4, 0.5) is 4.39 Å². The van der Waals surface area contributed by atoms with Crippen LogP contribution in [0.3, 0.4) is 0 Å². The van der Waals surface area contributed by atoms with Crippen LogP contribution in [0.15, 0.2) is 10.5 Å². The van der Waals surface area contributed by atoms with E-state index in [4.69, 9.17) is 0 Å². The summed E-state index contributed by atoms with van der Waals surface area (Å²) in [5.41, 5.74) is 0.469. The van der Waals surface area contributed by atoms with Crippen LogP contribution in [0, 0.1) is 19.7 Å². The van der Waals surface area contributed by atoms with Crippen molar-refractivity contribution in [2.24, 2.45) is 0 Å². The van der Waals surface area contributed by atoms with Crippen molar-refractivity contribution in [1.29, 1.82) is 0 Å². The van der Waals surface area contributed by atoms with Crippen molar-refractivity contribution in [3.8, 4) is 0 Å². The molecule has 0 aromatic heterocycles. The third kappa shape index (κ3) is 2.72. The lowest BCUT2D eigenvalue weighted by Crippen LogP contribution is -2.20. The fourth-order valence-electron chi connectivity index (χ4n) is 1.41. The Labute approximate surface area is 107 Å². The van der Waals surface area contributed by atoms with Crippen molar-refractivity contribution in [1.82, 2.24) is 0 Å². The lowest BCUT2D eigenvalue weighted by molar-refractivity contribution is -0.137. The van der Waals surface area contributed by atoms with Crippen molar-refractivity contribution in [2.45, 2.75) is 20.8 Å². The number of ether oxygens (including phenoxy) is 1. The van der Waals surface area contributed by atoms with E-state index >= 15 is 0 Å². The molecule has 17 heavy (non-hydrogen) atoms. The molecule has 0 bridgehead atoms. The molecule has 0 atom stereocenters. The van der Waals surface area contributed by atoms with Crippen molar-refractivity contribution < 1.29 is 18.7 Å². The summed E-state index contributed by atoms with van der Waals surface area (Å²) < 4.78 is 19.0. The minimum absolute atomic E-state index is 0.0816. The molecular formula is C12H12BrFO3. The number of carbonyl (C=O) groups excluding carboxylic acids is 2. The first kappa shape index (κ1) is 13.8. The van der Waals surface area contributed by atoms with Gasteiger partial charge in [0, 0.05) is 4.47 Å². The van der Waals surface area contributed by atoms with E-state index in [1.165, 1.54) is 6.92 Å². The average molecular weight is 303 g/mol. The lowest BCUT2D eigenvalue weighted by atomic mass is 10.0. The van der Waals surface area contributed by atoms with Gasteiger partial charge in [0.1, 0.15) is 5.82 Å². The number of benzene rings is 1. The van der Waals surface area contributed by atoms with Gasteiger partial charge < -0.3 is 4.74 Å². The number of hydrogen-bond donors (Lipinski definition) is 0. The monoisotopic (exact) mass is 302 g/mol. The highest BCUT2D eigenvalue weighted by Crippen LogP contribution is 2.26. The van der Waals surface area contributed by atoms with E-state index in [1.54, 1.807) is 19.9 Å². The Morgan fingerprint density at radius 1 is 1.41 bits per heavy atom.